The van der Waals surface area contributed by atoms with Gasteiger partial charge < -0.3 is 10.7 Å². The van der Waals surface area contributed by atoms with Gasteiger partial charge in [0.1, 0.15) is 0 Å². The smallest absolute Gasteiger partial charge is 0.263 e. The minimum Gasteiger partial charge on any atom is -0.369 e. The molecule has 0 fully saturated rings. The van der Waals surface area contributed by atoms with Crippen molar-refractivity contribution in [1.82, 2.24) is 14.9 Å². The summed E-state index contributed by atoms with van der Waals surface area (Å²) in [5.74, 6) is 7.82. The molecule has 0 radical (unpaired) electrons. The van der Waals surface area contributed by atoms with Crippen molar-refractivity contribution in [1.29, 1.82) is 0 Å². The van der Waals surface area contributed by atoms with Crippen LogP contribution in [0.1, 0.15) is 11.4 Å². The van der Waals surface area contributed by atoms with Crippen LogP contribution in [0.3, 0.4) is 0 Å². The molecule has 0 unspecified atom stereocenters. The van der Waals surface area contributed by atoms with E-state index in [0.717, 1.165) is 24.3 Å². The second-order valence-corrected chi connectivity index (χ2v) is 5.52. The average Bonchev–Trinajstić information content (AvgIpc) is 2.87. The zero-order valence-corrected chi connectivity index (χ0v) is 15.5. The van der Waals surface area contributed by atoms with E-state index in [4.69, 9.17) is 29.0 Å². The van der Waals surface area contributed by atoms with Crippen molar-refractivity contribution in [3.63, 3.8) is 0 Å². The van der Waals surface area contributed by atoms with Crippen molar-refractivity contribution in [2.24, 2.45) is 5.10 Å². The largest absolute Gasteiger partial charge is 0.369 e. The first-order chi connectivity index (χ1) is 11.2. The minimum atomic E-state index is 0. The fraction of sp³-hybridized carbons (Fsp3) is 0.357. The number of aromatic nitrogens is 3. The van der Waals surface area contributed by atoms with Gasteiger partial charge in [-0.25, -0.2) is 10.1 Å². The van der Waals surface area contributed by atoms with Crippen LogP contribution in [0.15, 0.2) is 29.4 Å². The van der Waals surface area contributed by atoms with Crippen molar-refractivity contribution in [3.8, 4) is 0 Å². The van der Waals surface area contributed by atoms with Crippen LogP contribution in [0.25, 0.3) is 0 Å². The third-order valence-corrected chi connectivity index (χ3v) is 3.55. The van der Waals surface area contributed by atoms with E-state index in [-0.39, 0.29) is 12.4 Å². The maximum absolute atomic E-state index is 5.82. The van der Waals surface area contributed by atoms with E-state index >= 15 is 0 Å². The van der Waals surface area contributed by atoms with E-state index in [2.05, 4.69) is 25.6 Å². The standard InChI is InChI=1S/C14H19Cl2N7.ClH/c1-11-19-21-14(23(11)17)20-18-10-12-2-4-13(5-3-12)22(8-6-15)9-7-16;/h2-5,10H,6-9,17H2,1H3,(H,20,21);1H/b18-10+;. The number of benzene rings is 1. The number of nitrogens with one attached hydrogen (secondary N) is 1. The summed E-state index contributed by atoms with van der Waals surface area (Å²) in [5.41, 5.74) is 4.77. The zero-order valence-electron chi connectivity index (χ0n) is 13.2. The van der Waals surface area contributed by atoms with Crippen LogP contribution < -0.4 is 16.2 Å². The Morgan fingerprint density at radius 1 is 1.21 bits per heavy atom. The Labute approximate surface area is 157 Å². The van der Waals surface area contributed by atoms with Gasteiger partial charge in [0.05, 0.1) is 6.21 Å². The lowest BCUT2D eigenvalue weighted by Crippen LogP contribution is -2.27. The van der Waals surface area contributed by atoms with Crippen LogP contribution in [0, 0.1) is 6.92 Å². The lowest BCUT2D eigenvalue weighted by molar-refractivity contribution is 0.874. The Balaban J connectivity index is 0.00000288. The molecule has 24 heavy (non-hydrogen) atoms. The Bertz CT molecular complexity index is 636. The first kappa shape index (κ1) is 20.3. The lowest BCUT2D eigenvalue weighted by atomic mass is 10.2. The lowest BCUT2D eigenvalue weighted by Gasteiger charge is -2.22. The maximum atomic E-state index is 5.82. The monoisotopic (exact) mass is 391 g/mol. The number of hydrogen-bond donors (Lipinski definition) is 2. The van der Waals surface area contributed by atoms with Crippen LogP contribution in [-0.4, -0.2) is 45.9 Å². The molecular weight excluding hydrogens is 373 g/mol. The summed E-state index contributed by atoms with van der Waals surface area (Å²) in [6.07, 6.45) is 1.68. The van der Waals surface area contributed by atoms with Crippen molar-refractivity contribution < 1.29 is 0 Å². The van der Waals surface area contributed by atoms with Gasteiger partial charge in [-0.3, -0.25) is 0 Å². The molecule has 2 rings (SSSR count). The van der Waals surface area contributed by atoms with Crippen LogP contribution in [-0.2, 0) is 0 Å². The predicted octanol–water partition coefficient (Wildman–Crippen LogP) is 2.45. The molecule has 0 saturated carbocycles. The molecule has 0 aliphatic heterocycles. The van der Waals surface area contributed by atoms with Gasteiger partial charge >= 0.3 is 0 Å². The first-order valence-electron chi connectivity index (χ1n) is 7.09. The van der Waals surface area contributed by atoms with Gasteiger partial charge in [-0.1, -0.05) is 12.1 Å². The topological polar surface area (TPSA) is 84.4 Å². The molecule has 0 bridgehead atoms. The van der Waals surface area contributed by atoms with E-state index in [1.807, 2.05) is 24.3 Å². The number of nitrogen functional groups attached to an aromatic ring is 1. The number of halogens is 3. The van der Waals surface area contributed by atoms with E-state index in [1.54, 1.807) is 13.1 Å². The zero-order chi connectivity index (χ0) is 16.7. The third-order valence-electron chi connectivity index (χ3n) is 3.21. The second kappa shape index (κ2) is 10.2. The minimum absolute atomic E-state index is 0. The molecule has 0 aliphatic rings. The SMILES string of the molecule is Cc1nnc(N/N=C/c2ccc(N(CCCl)CCCl)cc2)n1N.Cl. The predicted molar refractivity (Wildman–Crippen MR) is 103 cm³/mol. The molecule has 1 aromatic carbocycles. The van der Waals surface area contributed by atoms with Crippen LogP contribution in [0.4, 0.5) is 11.6 Å². The number of alkyl halides is 2. The molecule has 0 aliphatic carbocycles. The fourth-order valence-electron chi connectivity index (χ4n) is 1.96. The Kier molecular flexibility index (Phi) is 8.67. The molecule has 0 atom stereocenters. The third kappa shape index (κ3) is 5.43. The number of hydrogen-bond acceptors (Lipinski definition) is 6. The van der Waals surface area contributed by atoms with Crippen LogP contribution in [0.5, 0.6) is 0 Å². The number of nitrogens with two attached hydrogens (primary N) is 1. The molecule has 1 heterocycles. The molecule has 2 aromatic rings. The van der Waals surface area contributed by atoms with Crippen molar-refractivity contribution in [2.75, 3.05) is 41.0 Å². The molecule has 0 amide bonds. The molecular formula is C14H20Cl3N7. The van der Waals surface area contributed by atoms with Crippen LogP contribution in [0.2, 0.25) is 0 Å². The van der Waals surface area contributed by atoms with Crippen molar-refractivity contribution >= 4 is 53.5 Å². The molecule has 0 saturated heterocycles. The molecule has 132 valence electrons. The van der Waals surface area contributed by atoms with Crippen molar-refractivity contribution in [2.45, 2.75) is 6.92 Å². The highest BCUT2D eigenvalue weighted by Gasteiger charge is 2.05. The van der Waals surface area contributed by atoms with Gasteiger partial charge in [0.25, 0.3) is 5.95 Å². The summed E-state index contributed by atoms with van der Waals surface area (Å²) in [7, 11) is 0. The van der Waals surface area contributed by atoms with Gasteiger partial charge in [-0.15, -0.1) is 45.8 Å². The number of rotatable bonds is 8. The first-order valence-corrected chi connectivity index (χ1v) is 8.15. The van der Waals surface area contributed by atoms with E-state index < -0.39 is 0 Å². The highest BCUT2D eigenvalue weighted by molar-refractivity contribution is 6.18. The fourth-order valence-corrected chi connectivity index (χ4v) is 2.36. The van der Waals surface area contributed by atoms with Crippen molar-refractivity contribution in [3.05, 3.63) is 35.7 Å². The number of aryl methyl sites for hydroxylation is 1. The second-order valence-electron chi connectivity index (χ2n) is 4.77. The highest BCUT2D eigenvalue weighted by atomic mass is 35.5. The summed E-state index contributed by atoms with van der Waals surface area (Å²) in [4.78, 5) is 2.14. The summed E-state index contributed by atoms with van der Waals surface area (Å²) in [6.45, 7) is 3.28. The molecule has 1 aromatic heterocycles. The maximum Gasteiger partial charge on any atom is 0.263 e. The van der Waals surface area contributed by atoms with Gasteiger partial charge in [0.2, 0.25) is 0 Å². The molecule has 0 spiro atoms. The molecule has 3 N–H and O–H groups in total. The average molecular weight is 393 g/mol. The molecule has 7 nitrogen and oxygen atoms in total. The quantitative estimate of drug-likeness (QED) is 0.312. The summed E-state index contributed by atoms with van der Waals surface area (Å²) in [6, 6.07) is 7.95. The van der Waals surface area contributed by atoms with Gasteiger partial charge in [0, 0.05) is 30.5 Å². The van der Waals surface area contributed by atoms with Crippen LogP contribution >= 0.6 is 35.6 Å². The Morgan fingerprint density at radius 3 is 2.33 bits per heavy atom. The van der Waals surface area contributed by atoms with E-state index in [9.17, 15) is 0 Å². The van der Waals surface area contributed by atoms with E-state index in [0.29, 0.717) is 23.5 Å². The van der Waals surface area contributed by atoms with Gasteiger partial charge in [-0.05, 0) is 24.6 Å². The molecule has 10 heteroatoms. The summed E-state index contributed by atoms with van der Waals surface area (Å²) < 4.78 is 1.33. The summed E-state index contributed by atoms with van der Waals surface area (Å²) in [5, 5.41) is 11.8. The summed E-state index contributed by atoms with van der Waals surface area (Å²) >= 11 is 11.6. The normalized spacial score (nSPS) is 10.6. The Morgan fingerprint density at radius 2 is 1.83 bits per heavy atom. The van der Waals surface area contributed by atoms with E-state index in [1.165, 1.54) is 4.68 Å². The Hall–Kier alpha value is -1.70. The number of nitrogens with zero attached hydrogens (tertiary/aromatic N) is 5. The number of hydrazone groups is 1. The number of anilines is 2. The van der Waals surface area contributed by atoms with Gasteiger partial charge in [0.15, 0.2) is 5.82 Å². The highest BCUT2D eigenvalue weighted by Crippen LogP contribution is 2.15. The van der Waals surface area contributed by atoms with Gasteiger partial charge in [-0.2, -0.15) is 5.10 Å².